The van der Waals surface area contributed by atoms with Crippen molar-refractivity contribution in [1.29, 1.82) is 0 Å². The summed E-state index contributed by atoms with van der Waals surface area (Å²) in [6.07, 6.45) is 1.93. The molecule has 2 heterocycles. The van der Waals surface area contributed by atoms with Crippen LogP contribution in [0.5, 0.6) is 11.5 Å². The quantitative estimate of drug-likeness (QED) is 0.171. The second-order valence-electron chi connectivity index (χ2n) is 10.4. The lowest BCUT2D eigenvalue weighted by Crippen LogP contribution is -2.46. The number of fused-ring (bicyclic) bond motifs is 1. The highest BCUT2D eigenvalue weighted by atomic mass is 16.6. The molecular formula is C32H33N3O6. The van der Waals surface area contributed by atoms with E-state index in [1.54, 1.807) is 36.5 Å². The smallest absolute Gasteiger partial charge is 0.342 e. The van der Waals surface area contributed by atoms with Gasteiger partial charge in [0.1, 0.15) is 22.8 Å². The fourth-order valence-electron chi connectivity index (χ4n) is 5.10. The number of carbonyl (C=O) groups is 2. The maximum Gasteiger partial charge on any atom is 0.342 e. The monoisotopic (exact) mass is 555 g/mol. The lowest BCUT2D eigenvalue weighted by molar-refractivity contribution is -0.0650. The zero-order valence-corrected chi connectivity index (χ0v) is 23.1. The first-order valence-corrected chi connectivity index (χ1v) is 13.7. The molecule has 0 amide bonds. The highest BCUT2D eigenvalue weighted by Crippen LogP contribution is 2.38. The van der Waals surface area contributed by atoms with Gasteiger partial charge in [0.05, 0.1) is 17.2 Å². The number of nitrogens with zero attached hydrogens (tertiary/aromatic N) is 3. The number of ether oxygens (including phenoxy) is 2. The van der Waals surface area contributed by atoms with Crippen molar-refractivity contribution in [2.75, 3.05) is 19.6 Å². The van der Waals surface area contributed by atoms with Crippen LogP contribution in [-0.4, -0.2) is 62.8 Å². The Morgan fingerprint density at radius 1 is 1.02 bits per heavy atom. The number of likely N-dealkylation sites (tertiary alicyclic amines) is 1. The molecule has 0 spiro atoms. The highest BCUT2D eigenvalue weighted by molar-refractivity contribution is 5.94. The Labute approximate surface area is 238 Å². The minimum atomic E-state index is -1.03. The minimum absolute atomic E-state index is 0.0257. The standard InChI is InChI=1S/C32H33N3O6/c1-21-19-23(22(2)36)11-12-28(21)40-30(38)13-16-35-17-14-32(15-18-35,41-31(39)24-7-3-6-10-27(24)37)29-20-33-25-8-4-5-9-26(25)34-29/h3-12,19-20,30,37-38H,13-18H2,1-2H3. The predicted molar refractivity (Wildman–Crippen MR) is 153 cm³/mol. The molecule has 9 heteroatoms. The number of hydrogen-bond acceptors (Lipinski definition) is 9. The van der Waals surface area contributed by atoms with Crippen molar-refractivity contribution >= 4 is 22.8 Å². The maximum absolute atomic E-state index is 13.2. The van der Waals surface area contributed by atoms with Crippen molar-refractivity contribution in [3.63, 3.8) is 0 Å². The van der Waals surface area contributed by atoms with Crippen LogP contribution in [-0.2, 0) is 10.3 Å². The number of esters is 1. The van der Waals surface area contributed by atoms with E-state index in [4.69, 9.17) is 14.5 Å². The number of aromatic hydroxyl groups is 1. The lowest BCUT2D eigenvalue weighted by Gasteiger charge is -2.40. The van der Waals surface area contributed by atoms with Crippen molar-refractivity contribution in [2.24, 2.45) is 0 Å². The summed E-state index contributed by atoms with van der Waals surface area (Å²) in [6.45, 7) is 5.09. The Bertz CT molecular complexity index is 1560. The topological polar surface area (TPSA) is 122 Å². The van der Waals surface area contributed by atoms with Gasteiger partial charge in [0.2, 0.25) is 0 Å². The first kappa shape index (κ1) is 28.2. The number of ketones is 1. The van der Waals surface area contributed by atoms with E-state index in [1.165, 1.54) is 19.1 Å². The number of phenolic OH excluding ortho intramolecular Hbond substituents is 1. The number of aliphatic hydroxyl groups is 1. The van der Waals surface area contributed by atoms with Crippen molar-refractivity contribution in [2.45, 2.75) is 45.0 Å². The molecular weight excluding hydrogens is 522 g/mol. The van der Waals surface area contributed by atoms with E-state index in [0.717, 1.165) is 11.1 Å². The second-order valence-corrected chi connectivity index (χ2v) is 10.4. The van der Waals surface area contributed by atoms with Gasteiger partial charge in [-0.05, 0) is 61.9 Å². The molecule has 1 atom stereocenters. The highest BCUT2D eigenvalue weighted by Gasteiger charge is 2.42. The van der Waals surface area contributed by atoms with E-state index >= 15 is 0 Å². The van der Waals surface area contributed by atoms with Crippen LogP contribution in [0.1, 0.15) is 58.2 Å². The molecule has 1 fully saturated rings. The summed E-state index contributed by atoms with van der Waals surface area (Å²) in [6, 6.07) is 19.0. The Kier molecular flexibility index (Phi) is 8.28. The number of Topliss-reactive ketones (excluding diaryl/α,β-unsaturated/α-hetero) is 1. The molecule has 2 N–H and O–H groups in total. The lowest BCUT2D eigenvalue weighted by atomic mass is 9.87. The first-order chi connectivity index (χ1) is 19.7. The van der Waals surface area contributed by atoms with Gasteiger partial charge in [-0.2, -0.15) is 0 Å². The molecule has 212 valence electrons. The number of aromatic nitrogens is 2. The number of hydrogen-bond donors (Lipinski definition) is 2. The minimum Gasteiger partial charge on any atom is -0.507 e. The number of aryl methyl sites for hydroxylation is 1. The van der Waals surface area contributed by atoms with Gasteiger partial charge in [-0.3, -0.25) is 9.78 Å². The van der Waals surface area contributed by atoms with Crippen LogP contribution < -0.4 is 4.74 Å². The maximum atomic E-state index is 13.2. The van der Waals surface area contributed by atoms with E-state index in [-0.39, 0.29) is 17.1 Å². The summed E-state index contributed by atoms with van der Waals surface area (Å²) in [5.41, 5.74) is 2.45. The third-order valence-electron chi connectivity index (χ3n) is 7.53. The van der Waals surface area contributed by atoms with E-state index in [2.05, 4.69) is 9.88 Å². The van der Waals surface area contributed by atoms with Gasteiger partial charge >= 0.3 is 5.97 Å². The first-order valence-electron chi connectivity index (χ1n) is 13.7. The number of rotatable bonds is 9. The zero-order chi connectivity index (χ0) is 29.0. The molecule has 1 aliphatic heterocycles. The summed E-state index contributed by atoms with van der Waals surface area (Å²) in [4.78, 5) is 36.4. The van der Waals surface area contributed by atoms with Gasteiger partial charge in [0.15, 0.2) is 17.7 Å². The van der Waals surface area contributed by atoms with Gasteiger partial charge in [-0.25, -0.2) is 9.78 Å². The van der Waals surface area contributed by atoms with Crippen LogP contribution in [0.15, 0.2) is 72.9 Å². The predicted octanol–water partition coefficient (Wildman–Crippen LogP) is 4.78. The molecule has 1 aromatic heterocycles. The molecule has 1 saturated heterocycles. The third kappa shape index (κ3) is 6.37. The molecule has 41 heavy (non-hydrogen) atoms. The molecule has 0 bridgehead atoms. The number of aliphatic hydroxyl groups excluding tert-OH is 1. The van der Waals surface area contributed by atoms with E-state index in [0.29, 0.717) is 61.4 Å². The normalized spacial score (nSPS) is 15.8. The molecule has 0 radical (unpaired) electrons. The van der Waals surface area contributed by atoms with Gasteiger partial charge in [0, 0.05) is 44.5 Å². The molecule has 1 aliphatic rings. The van der Waals surface area contributed by atoms with E-state index in [9.17, 15) is 19.8 Å². The summed E-state index contributed by atoms with van der Waals surface area (Å²) in [5.74, 6) is -0.259. The van der Waals surface area contributed by atoms with Crippen molar-refractivity contribution < 1.29 is 29.3 Å². The van der Waals surface area contributed by atoms with Crippen LogP contribution >= 0.6 is 0 Å². The Morgan fingerprint density at radius 2 is 1.73 bits per heavy atom. The number of piperidine rings is 1. The molecule has 9 nitrogen and oxygen atoms in total. The van der Waals surface area contributed by atoms with E-state index in [1.807, 2.05) is 31.2 Å². The average molecular weight is 556 g/mol. The van der Waals surface area contributed by atoms with Gasteiger partial charge in [0.25, 0.3) is 0 Å². The molecule has 5 rings (SSSR count). The largest absolute Gasteiger partial charge is 0.507 e. The summed E-state index contributed by atoms with van der Waals surface area (Å²) >= 11 is 0. The summed E-state index contributed by atoms with van der Waals surface area (Å²) < 4.78 is 11.9. The summed E-state index contributed by atoms with van der Waals surface area (Å²) in [7, 11) is 0. The summed E-state index contributed by atoms with van der Waals surface area (Å²) in [5, 5.41) is 20.8. The zero-order valence-electron chi connectivity index (χ0n) is 23.1. The Balaban J connectivity index is 1.27. The van der Waals surface area contributed by atoms with Crippen LogP contribution in [0.2, 0.25) is 0 Å². The third-order valence-corrected chi connectivity index (χ3v) is 7.53. The van der Waals surface area contributed by atoms with Gasteiger partial charge in [-0.1, -0.05) is 24.3 Å². The number of benzene rings is 3. The van der Waals surface area contributed by atoms with Crippen molar-refractivity contribution in [1.82, 2.24) is 14.9 Å². The van der Waals surface area contributed by atoms with Crippen molar-refractivity contribution in [3.05, 3.63) is 95.3 Å². The average Bonchev–Trinajstić information content (AvgIpc) is 2.97. The fourth-order valence-corrected chi connectivity index (χ4v) is 5.10. The van der Waals surface area contributed by atoms with E-state index < -0.39 is 17.9 Å². The van der Waals surface area contributed by atoms with Gasteiger partial charge in [-0.15, -0.1) is 0 Å². The van der Waals surface area contributed by atoms with Gasteiger partial charge < -0.3 is 24.6 Å². The molecule has 3 aromatic carbocycles. The van der Waals surface area contributed by atoms with Crippen LogP contribution in [0.25, 0.3) is 11.0 Å². The second kappa shape index (κ2) is 12.0. The number of phenols is 1. The van der Waals surface area contributed by atoms with Crippen molar-refractivity contribution in [3.8, 4) is 11.5 Å². The molecule has 0 saturated carbocycles. The van der Waals surface area contributed by atoms with Crippen LogP contribution in [0.4, 0.5) is 0 Å². The fraction of sp³-hybridized carbons (Fsp3) is 0.312. The Morgan fingerprint density at radius 3 is 2.44 bits per heavy atom. The SMILES string of the molecule is CC(=O)c1ccc(OC(O)CCN2CCC(OC(=O)c3ccccc3O)(c3cnc4ccccc4n3)CC2)c(C)c1. The molecule has 0 aliphatic carbocycles. The molecule has 4 aromatic rings. The number of carbonyl (C=O) groups excluding carboxylic acids is 2. The molecule has 1 unspecified atom stereocenters. The number of para-hydroxylation sites is 3. The van der Waals surface area contributed by atoms with Crippen LogP contribution in [0, 0.1) is 6.92 Å². The van der Waals surface area contributed by atoms with Crippen LogP contribution in [0.3, 0.4) is 0 Å². The Hall–Kier alpha value is -4.34.